The highest BCUT2D eigenvalue weighted by molar-refractivity contribution is 6.91. The van der Waals surface area contributed by atoms with E-state index in [-0.39, 0.29) is 0 Å². The molecule has 0 fully saturated rings. The molecule has 1 aromatic rings. The Labute approximate surface area is 92.8 Å². The molecule has 80 valence electrons. The number of hydrogen-bond donors (Lipinski definition) is 0. The lowest BCUT2D eigenvalue weighted by Gasteiger charge is -2.28. The SMILES string of the molecule is COc1cc2c(cc1C)C=CC[Si]2(C)C. The summed E-state index contributed by atoms with van der Waals surface area (Å²) in [5, 5.41) is 1.53. The monoisotopic (exact) mass is 218 g/mol. The largest absolute Gasteiger partial charge is 0.496 e. The summed E-state index contributed by atoms with van der Waals surface area (Å²) in [6.07, 6.45) is 4.57. The fourth-order valence-electron chi connectivity index (χ4n) is 2.24. The summed E-state index contributed by atoms with van der Waals surface area (Å²) in [5.41, 5.74) is 2.63. The van der Waals surface area contributed by atoms with E-state index in [9.17, 15) is 0 Å². The first-order chi connectivity index (χ1) is 7.04. The number of rotatable bonds is 1. The Morgan fingerprint density at radius 1 is 1.27 bits per heavy atom. The average molecular weight is 218 g/mol. The molecule has 0 amide bonds. The molecule has 1 aromatic carbocycles. The highest BCUT2D eigenvalue weighted by Gasteiger charge is 2.27. The normalized spacial score (nSPS) is 17.3. The van der Waals surface area contributed by atoms with Crippen molar-refractivity contribution in [2.45, 2.75) is 26.1 Å². The summed E-state index contributed by atoms with van der Waals surface area (Å²) in [5.74, 6) is 1.03. The van der Waals surface area contributed by atoms with E-state index in [4.69, 9.17) is 4.74 Å². The molecule has 0 unspecified atom stereocenters. The molecular weight excluding hydrogens is 200 g/mol. The molecule has 0 radical (unpaired) electrons. The summed E-state index contributed by atoms with van der Waals surface area (Å²) in [6, 6.07) is 5.74. The third kappa shape index (κ3) is 1.74. The van der Waals surface area contributed by atoms with E-state index in [2.05, 4.69) is 44.3 Å². The Bertz CT molecular complexity index is 419. The lowest BCUT2D eigenvalue weighted by Crippen LogP contribution is -2.43. The zero-order chi connectivity index (χ0) is 11.1. The van der Waals surface area contributed by atoms with Crippen molar-refractivity contribution < 1.29 is 4.74 Å². The Morgan fingerprint density at radius 2 is 2.00 bits per heavy atom. The molecule has 1 aliphatic rings. The van der Waals surface area contributed by atoms with E-state index in [1.165, 1.54) is 22.4 Å². The second-order valence-electron chi connectivity index (χ2n) is 4.90. The van der Waals surface area contributed by atoms with E-state index in [0.29, 0.717) is 0 Å². The molecule has 0 bridgehead atoms. The van der Waals surface area contributed by atoms with Gasteiger partial charge in [-0.2, -0.15) is 0 Å². The maximum Gasteiger partial charge on any atom is 0.121 e. The molecule has 1 heterocycles. The van der Waals surface area contributed by atoms with Crippen LogP contribution < -0.4 is 9.92 Å². The van der Waals surface area contributed by atoms with Crippen LogP contribution in [0.5, 0.6) is 5.75 Å². The van der Waals surface area contributed by atoms with Gasteiger partial charge in [0.05, 0.1) is 15.2 Å². The first-order valence-corrected chi connectivity index (χ1v) is 8.61. The molecule has 0 aromatic heterocycles. The van der Waals surface area contributed by atoms with E-state index in [1.807, 2.05) is 0 Å². The van der Waals surface area contributed by atoms with Crippen molar-refractivity contribution in [2.24, 2.45) is 0 Å². The quantitative estimate of drug-likeness (QED) is 0.659. The lowest BCUT2D eigenvalue weighted by atomic mass is 10.1. The van der Waals surface area contributed by atoms with Crippen LogP contribution in [0.25, 0.3) is 6.08 Å². The van der Waals surface area contributed by atoms with Crippen molar-refractivity contribution in [3.8, 4) is 5.75 Å². The van der Waals surface area contributed by atoms with Crippen molar-refractivity contribution in [1.82, 2.24) is 0 Å². The van der Waals surface area contributed by atoms with Crippen molar-refractivity contribution in [1.29, 1.82) is 0 Å². The topological polar surface area (TPSA) is 9.23 Å². The predicted molar refractivity (Wildman–Crippen MR) is 68.7 cm³/mol. The molecule has 1 aliphatic heterocycles. The van der Waals surface area contributed by atoms with Crippen LogP contribution in [0.4, 0.5) is 0 Å². The van der Waals surface area contributed by atoms with Crippen LogP contribution in [-0.2, 0) is 0 Å². The van der Waals surface area contributed by atoms with Crippen LogP contribution in [0.1, 0.15) is 11.1 Å². The second kappa shape index (κ2) is 3.53. The lowest BCUT2D eigenvalue weighted by molar-refractivity contribution is 0.412. The Balaban J connectivity index is 2.62. The van der Waals surface area contributed by atoms with Gasteiger partial charge in [0.15, 0.2) is 0 Å². The maximum atomic E-state index is 5.40. The van der Waals surface area contributed by atoms with E-state index in [0.717, 1.165) is 5.75 Å². The van der Waals surface area contributed by atoms with Crippen LogP contribution in [0, 0.1) is 6.92 Å². The van der Waals surface area contributed by atoms with Gasteiger partial charge in [0.25, 0.3) is 0 Å². The summed E-state index contributed by atoms with van der Waals surface area (Å²) in [7, 11) is 0.503. The third-order valence-electron chi connectivity index (χ3n) is 3.22. The number of methoxy groups -OCH3 is 1. The van der Waals surface area contributed by atoms with E-state index < -0.39 is 8.07 Å². The van der Waals surface area contributed by atoms with Gasteiger partial charge in [-0.3, -0.25) is 0 Å². The smallest absolute Gasteiger partial charge is 0.121 e. The van der Waals surface area contributed by atoms with Crippen LogP contribution in [0.3, 0.4) is 0 Å². The van der Waals surface area contributed by atoms with Crippen LogP contribution in [0.15, 0.2) is 18.2 Å². The van der Waals surface area contributed by atoms with Gasteiger partial charge in [-0.05, 0) is 41.4 Å². The van der Waals surface area contributed by atoms with Crippen LogP contribution in [0.2, 0.25) is 19.1 Å². The summed E-state index contributed by atoms with van der Waals surface area (Å²) >= 11 is 0. The van der Waals surface area contributed by atoms with Crippen molar-refractivity contribution in [3.63, 3.8) is 0 Å². The van der Waals surface area contributed by atoms with Gasteiger partial charge in [-0.1, -0.05) is 25.2 Å². The molecule has 0 saturated carbocycles. The molecule has 0 atom stereocenters. The molecule has 15 heavy (non-hydrogen) atoms. The number of allylic oxidation sites excluding steroid dienone is 1. The highest BCUT2D eigenvalue weighted by atomic mass is 28.3. The highest BCUT2D eigenvalue weighted by Crippen LogP contribution is 2.25. The fourth-order valence-corrected chi connectivity index (χ4v) is 4.63. The predicted octanol–water partition coefficient (Wildman–Crippen LogP) is 2.95. The van der Waals surface area contributed by atoms with Gasteiger partial charge in [-0.15, -0.1) is 0 Å². The minimum atomic E-state index is -1.25. The first kappa shape index (κ1) is 10.5. The minimum Gasteiger partial charge on any atom is -0.496 e. The molecule has 0 saturated heterocycles. The Kier molecular flexibility index (Phi) is 2.47. The number of aryl methyl sites for hydroxylation is 1. The number of fused-ring (bicyclic) bond motifs is 1. The zero-order valence-electron chi connectivity index (χ0n) is 9.92. The fraction of sp³-hybridized carbons (Fsp3) is 0.385. The Morgan fingerprint density at radius 3 is 2.67 bits per heavy atom. The molecule has 2 heteroatoms. The van der Waals surface area contributed by atoms with E-state index >= 15 is 0 Å². The second-order valence-corrected chi connectivity index (χ2v) is 9.61. The number of ether oxygens (including phenoxy) is 1. The molecule has 0 N–H and O–H groups in total. The third-order valence-corrected chi connectivity index (χ3v) is 6.37. The number of hydrogen-bond acceptors (Lipinski definition) is 1. The summed E-state index contributed by atoms with van der Waals surface area (Å²) in [6.45, 7) is 6.95. The van der Waals surface area contributed by atoms with Gasteiger partial charge >= 0.3 is 0 Å². The molecule has 0 aliphatic carbocycles. The minimum absolute atomic E-state index is 1.03. The molecule has 1 nitrogen and oxygen atoms in total. The number of benzene rings is 1. The van der Waals surface area contributed by atoms with Gasteiger partial charge < -0.3 is 4.74 Å². The first-order valence-electron chi connectivity index (χ1n) is 5.40. The van der Waals surface area contributed by atoms with Gasteiger partial charge in [0.2, 0.25) is 0 Å². The van der Waals surface area contributed by atoms with Gasteiger partial charge in [0, 0.05) is 0 Å². The van der Waals surface area contributed by atoms with Gasteiger partial charge in [0.1, 0.15) is 5.75 Å². The van der Waals surface area contributed by atoms with Crippen molar-refractivity contribution in [3.05, 3.63) is 29.3 Å². The van der Waals surface area contributed by atoms with E-state index in [1.54, 1.807) is 7.11 Å². The van der Waals surface area contributed by atoms with Crippen LogP contribution in [-0.4, -0.2) is 15.2 Å². The summed E-state index contributed by atoms with van der Waals surface area (Å²) in [4.78, 5) is 0. The standard InChI is InChI=1S/C13H18OSi/c1-10-8-11-6-5-7-15(3,4)13(11)9-12(10)14-2/h5-6,8-9H,7H2,1-4H3. The summed E-state index contributed by atoms with van der Waals surface area (Å²) < 4.78 is 5.40. The zero-order valence-corrected chi connectivity index (χ0v) is 10.9. The van der Waals surface area contributed by atoms with Crippen molar-refractivity contribution in [2.75, 3.05) is 7.11 Å². The molecule has 0 spiro atoms. The molecule has 2 rings (SSSR count). The maximum absolute atomic E-state index is 5.40. The van der Waals surface area contributed by atoms with Crippen LogP contribution >= 0.6 is 0 Å². The van der Waals surface area contributed by atoms with Crippen molar-refractivity contribution >= 4 is 19.3 Å². The average Bonchev–Trinajstić information content (AvgIpc) is 2.16. The molecular formula is C13H18OSi. The Hall–Kier alpha value is -1.02. The van der Waals surface area contributed by atoms with Gasteiger partial charge in [-0.25, -0.2) is 0 Å².